The van der Waals surface area contributed by atoms with Crippen LogP contribution < -0.4 is 10.1 Å². The van der Waals surface area contributed by atoms with Crippen molar-refractivity contribution in [2.24, 2.45) is 0 Å². The van der Waals surface area contributed by atoms with Gasteiger partial charge in [0.05, 0.1) is 24.1 Å². The molecule has 8 heteroatoms. The van der Waals surface area contributed by atoms with Crippen LogP contribution in [0.5, 0.6) is 5.75 Å². The molecule has 2 amide bonds. The van der Waals surface area contributed by atoms with E-state index in [9.17, 15) is 14.0 Å². The quantitative estimate of drug-likeness (QED) is 0.613. The number of halogens is 1. The van der Waals surface area contributed by atoms with Crippen molar-refractivity contribution in [3.05, 3.63) is 84.1 Å². The monoisotopic (exact) mass is 437 g/mol. The molecule has 0 atom stereocenters. The minimum absolute atomic E-state index is 0.0814. The summed E-state index contributed by atoms with van der Waals surface area (Å²) in [5, 5.41) is 2.47. The summed E-state index contributed by atoms with van der Waals surface area (Å²) in [7, 11) is 0. The van der Waals surface area contributed by atoms with Crippen LogP contribution in [0.25, 0.3) is 0 Å². The summed E-state index contributed by atoms with van der Waals surface area (Å²) < 4.78 is 24.7. The average molecular weight is 437 g/mol. The van der Waals surface area contributed by atoms with E-state index in [0.29, 0.717) is 30.9 Å². The van der Waals surface area contributed by atoms with E-state index < -0.39 is 11.7 Å². The molecule has 0 bridgehead atoms. The van der Waals surface area contributed by atoms with Crippen LogP contribution in [0.2, 0.25) is 0 Å². The third kappa shape index (κ3) is 5.33. The van der Waals surface area contributed by atoms with Crippen LogP contribution in [0.15, 0.2) is 71.3 Å². The van der Waals surface area contributed by atoms with E-state index >= 15 is 0 Å². The van der Waals surface area contributed by atoms with Gasteiger partial charge in [-0.25, -0.2) is 4.39 Å². The molecule has 0 radical (unpaired) electrons. The average Bonchev–Trinajstić information content (AvgIpc) is 3.32. The number of ether oxygens (including phenoxy) is 1. The van der Waals surface area contributed by atoms with Crippen LogP contribution in [-0.2, 0) is 11.3 Å². The summed E-state index contributed by atoms with van der Waals surface area (Å²) in [6.07, 6.45) is 1.66. The first-order valence-corrected chi connectivity index (χ1v) is 10.4. The van der Waals surface area contributed by atoms with E-state index in [-0.39, 0.29) is 18.2 Å². The van der Waals surface area contributed by atoms with Gasteiger partial charge in [0.25, 0.3) is 11.8 Å². The van der Waals surface area contributed by atoms with E-state index in [1.54, 1.807) is 47.6 Å². The molecule has 1 saturated heterocycles. The second-order valence-corrected chi connectivity index (χ2v) is 7.46. The Labute approximate surface area is 185 Å². The number of hydrogen-bond acceptors (Lipinski definition) is 5. The highest BCUT2D eigenvalue weighted by atomic mass is 19.1. The van der Waals surface area contributed by atoms with Gasteiger partial charge in [-0.3, -0.25) is 14.5 Å². The van der Waals surface area contributed by atoms with Crippen LogP contribution in [0.1, 0.15) is 16.1 Å². The van der Waals surface area contributed by atoms with Gasteiger partial charge < -0.3 is 19.4 Å². The van der Waals surface area contributed by atoms with Crippen LogP contribution in [0.4, 0.5) is 10.1 Å². The SMILES string of the molecule is O=C(COc1ccccc1C(=O)N1CCN(Cc2ccco2)CC1)Nc1ccccc1F. The molecular formula is C24H24FN3O4. The Morgan fingerprint density at radius 3 is 2.47 bits per heavy atom. The third-order valence-corrected chi connectivity index (χ3v) is 5.24. The molecular weight excluding hydrogens is 413 g/mol. The summed E-state index contributed by atoms with van der Waals surface area (Å²) >= 11 is 0. The van der Waals surface area contributed by atoms with Crippen LogP contribution in [0.3, 0.4) is 0 Å². The molecule has 1 aliphatic heterocycles. The van der Waals surface area contributed by atoms with Gasteiger partial charge in [0.2, 0.25) is 0 Å². The maximum absolute atomic E-state index is 13.7. The first kappa shape index (κ1) is 21.6. The lowest BCUT2D eigenvalue weighted by atomic mass is 10.1. The predicted molar refractivity (Wildman–Crippen MR) is 117 cm³/mol. The van der Waals surface area contributed by atoms with Crippen molar-refractivity contribution in [2.45, 2.75) is 6.54 Å². The highest BCUT2D eigenvalue weighted by Crippen LogP contribution is 2.21. The Bertz CT molecular complexity index is 1060. The number of para-hydroxylation sites is 2. The number of anilines is 1. The predicted octanol–water partition coefficient (Wildman–Crippen LogP) is 3.39. The fourth-order valence-electron chi connectivity index (χ4n) is 3.56. The summed E-state index contributed by atoms with van der Waals surface area (Å²) in [5.41, 5.74) is 0.476. The van der Waals surface area contributed by atoms with Crippen LogP contribution >= 0.6 is 0 Å². The zero-order valence-corrected chi connectivity index (χ0v) is 17.5. The molecule has 3 aromatic rings. The number of hydrogen-bond donors (Lipinski definition) is 1. The van der Waals surface area contributed by atoms with E-state index in [2.05, 4.69) is 10.2 Å². The van der Waals surface area contributed by atoms with Crippen molar-refractivity contribution in [3.8, 4) is 5.75 Å². The van der Waals surface area contributed by atoms with Crippen molar-refractivity contribution in [3.63, 3.8) is 0 Å². The smallest absolute Gasteiger partial charge is 0.262 e. The molecule has 1 fully saturated rings. The van der Waals surface area contributed by atoms with Crippen molar-refractivity contribution in [1.82, 2.24) is 9.80 Å². The van der Waals surface area contributed by atoms with Gasteiger partial charge >= 0.3 is 0 Å². The number of rotatable bonds is 7. The number of nitrogens with one attached hydrogen (secondary N) is 1. The number of amides is 2. The van der Waals surface area contributed by atoms with Gasteiger partial charge in [0.15, 0.2) is 6.61 Å². The highest BCUT2D eigenvalue weighted by molar-refractivity contribution is 5.97. The zero-order chi connectivity index (χ0) is 22.3. The Balaban J connectivity index is 1.33. The minimum atomic E-state index is -0.525. The maximum Gasteiger partial charge on any atom is 0.262 e. The van der Waals surface area contributed by atoms with E-state index in [4.69, 9.17) is 9.15 Å². The van der Waals surface area contributed by atoms with Gasteiger partial charge in [-0.05, 0) is 36.4 Å². The normalized spacial score (nSPS) is 14.2. The van der Waals surface area contributed by atoms with E-state index in [1.165, 1.54) is 12.1 Å². The van der Waals surface area contributed by atoms with Gasteiger partial charge in [-0.1, -0.05) is 24.3 Å². The molecule has 1 N–H and O–H groups in total. The topological polar surface area (TPSA) is 75.0 Å². The number of carbonyl (C=O) groups excluding carboxylic acids is 2. The molecule has 32 heavy (non-hydrogen) atoms. The number of furan rings is 1. The van der Waals surface area contributed by atoms with Gasteiger partial charge in [0.1, 0.15) is 17.3 Å². The second kappa shape index (κ2) is 10.1. The Morgan fingerprint density at radius 2 is 1.72 bits per heavy atom. The third-order valence-electron chi connectivity index (χ3n) is 5.24. The lowest BCUT2D eigenvalue weighted by Gasteiger charge is -2.34. The fourth-order valence-corrected chi connectivity index (χ4v) is 3.56. The standard InChI is InChI=1S/C24H24FN3O4/c25-20-8-2-3-9-21(20)26-23(29)17-32-22-10-4-1-7-19(22)24(30)28-13-11-27(12-14-28)16-18-6-5-15-31-18/h1-10,15H,11-14,16-17H2,(H,26,29). The number of piperazine rings is 1. The number of carbonyl (C=O) groups is 2. The first-order valence-electron chi connectivity index (χ1n) is 10.4. The summed E-state index contributed by atoms with van der Waals surface area (Å²) in [6.45, 7) is 3.02. The van der Waals surface area contributed by atoms with E-state index in [0.717, 1.165) is 18.8 Å². The lowest BCUT2D eigenvalue weighted by Crippen LogP contribution is -2.48. The van der Waals surface area contributed by atoms with E-state index in [1.807, 2.05) is 12.1 Å². The molecule has 0 spiro atoms. The molecule has 4 rings (SSSR count). The van der Waals surface area contributed by atoms with Crippen LogP contribution in [0, 0.1) is 5.82 Å². The van der Waals surface area contributed by atoms with Crippen molar-refractivity contribution >= 4 is 17.5 Å². The summed E-state index contributed by atoms with van der Waals surface area (Å²) in [4.78, 5) is 29.3. The van der Waals surface area contributed by atoms with Gasteiger partial charge in [0, 0.05) is 26.2 Å². The van der Waals surface area contributed by atoms with Gasteiger partial charge in [-0.15, -0.1) is 0 Å². The Hall–Kier alpha value is -3.65. The Kier molecular flexibility index (Phi) is 6.81. The molecule has 2 aromatic carbocycles. The molecule has 7 nitrogen and oxygen atoms in total. The van der Waals surface area contributed by atoms with Gasteiger partial charge in [-0.2, -0.15) is 0 Å². The highest BCUT2D eigenvalue weighted by Gasteiger charge is 2.25. The second-order valence-electron chi connectivity index (χ2n) is 7.46. The summed E-state index contributed by atoms with van der Waals surface area (Å²) in [6, 6.07) is 16.5. The van der Waals surface area contributed by atoms with Crippen molar-refractivity contribution in [1.29, 1.82) is 0 Å². The molecule has 1 aliphatic rings. The first-order chi connectivity index (χ1) is 15.6. The summed E-state index contributed by atoms with van der Waals surface area (Å²) in [5.74, 6) is 0.0376. The molecule has 0 aliphatic carbocycles. The minimum Gasteiger partial charge on any atom is -0.483 e. The molecule has 0 unspecified atom stereocenters. The fraction of sp³-hybridized carbons (Fsp3) is 0.250. The number of nitrogens with zero attached hydrogens (tertiary/aromatic N) is 2. The molecule has 0 saturated carbocycles. The van der Waals surface area contributed by atoms with Crippen molar-refractivity contribution < 1.29 is 23.1 Å². The Morgan fingerprint density at radius 1 is 0.969 bits per heavy atom. The molecule has 166 valence electrons. The number of benzene rings is 2. The lowest BCUT2D eigenvalue weighted by molar-refractivity contribution is -0.118. The van der Waals surface area contributed by atoms with Crippen molar-refractivity contribution in [2.75, 3.05) is 38.1 Å². The largest absolute Gasteiger partial charge is 0.483 e. The zero-order valence-electron chi connectivity index (χ0n) is 17.5. The maximum atomic E-state index is 13.7. The van der Waals surface area contributed by atoms with Crippen LogP contribution in [-0.4, -0.2) is 54.4 Å². The molecule has 2 heterocycles. The molecule has 1 aromatic heterocycles.